The van der Waals surface area contributed by atoms with Crippen molar-refractivity contribution in [3.8, 4) is 0 Å². The van der Waals surface area contributed by atoms with Gasteiger partial charge >= 0.3 is 0 Å². The third-order valence-corrected chi connectivity index (χ3v) is 3.40. The van der Waals surface area contributed by atoms with Crippen molar-refractivity contribution >= 4 is 33.3 Å². The standard InChI is InChI=1S/C16H14BrNO2/c1-10-3-6-13(17)9-15(10)16(20)12-4-7-14(8-5-12)18-11(2)19/h3-9H,1-2H3,(H,18,19). The number of amides is 1. The van der Waals surface area contributed by atoms with Gasteiger partial charge in [0.15, 0.2) is 5.78 Å². The lowest BCUT2D eigenvalue weighted by atomic mass is 9.99. The first-order valence-corrected chi connectivity index (χ1v) is 6.95. The monoisotopic (exact) mass is 331 g/mol. The lowest BCUT2D eigenvalue weighted by Crippen LogP contribution is -2.07. The Bertz CT molecular complexity index is 663. The Morgan fingerprint density at radius 1 is 1.05 bits per heavy atom. The minimum Gasteiger partial charge on any atom is -0.326 e. The molecule has 0 aliphatic heterocycles. The van der Waals surface area contributed by atoms with E-state index in [9.17, 15) is 9.59 Å². The van der Waals surface area contributed by atoms with Gasteiger partial charge in [0.25, 0.3) is 0 Å². The van der Waals surface area contributed by atoms with Crippen molar-refractivity contribution in [2.45, 2.75) is 13.8 Å². The maximum Gasteiger partial charge on any atom is 0.221 e. The molecule has 0 heterocycles. The Labute approximate surface area is 126 Å². The molecule has 0 radical (unpaired) electrons. The summed E-state index contributed by atoms with van der Waals surface area (Å²) in [6.07, 6.45) is 0. The summed E-state index contributed by atoms with van der Waals surface area (Å²) in [6, 6.07) is 12.5. The van der Waals surface area contributed by atoms with Gasteiger partial charge in [-0.15, -0.1) is 0 Å². The molecule has 4 heteroatoms. The van der Waals surface area contributed by atoms with Crippen LogP contribution in [0.2, 0.25) is 0 Å². The molecule has 0 saturated carbocycles. The molecule has 0 atom stereocenters. The number of aryl methyl sites for hydroxylation is 1. The Kier molecular flexibility index (Phi) is 4.35. The van der Waals surface area contributed by atoms with E-state index >= 15 is 0 Å². The second-order valence-corrected chi connectivity index (χ2v) is 5.46. The number of halogens is 1. The van der Waals surface area contributed by atoms with Crippen LogP contribution in [0.4, 0.5) is 5.69 Å². The number of rotatable bonds is 3. The van der Waals surface area contributed by atoms with E-state index in [0.717, 1.165) is 10.0 Å². The second-order valence-electron chi connectivity index (χ2n) is 4.55. The van der Waals surface area contributed by atoms with Crippen LogP contribution in [-0.2, 0) is 4.79 Å². The van der Waals surface area contributed by atoms with Crippen molar-refractivity contribution in [1.82, 2.24) is 0 Å². The van der Waals surface area contributed by atoms with Crippen molar-refractivity contribution in [2.24, 2.45) is 0 Å². The number of benzene rings is 2. The van der Waals surface area contributed by atoms with E-state index in [1.165, 1.54) is 6.92 Å². The molecule has 0 aliphatic carbocycles. The Hall–Kier alpha value is -1.94. The number of hydrogen-bond acceptors (Lipinski definition) is 2. The van der Waals surface area contributed by atoms with Crippen molar-refractivity contribution in [3.05, 3.63) is 63.6 Å². The SMILES string of the molecule is CC(=O)Nc1ccc(C(=O)c2cc(Br)ccc2C)cc1. The van der Waals surface area contributed by atoms with Crippen LogP contribution in [0.15, 0.2) is 46.9 Å². The fraction of sp³-hybridized carbons (Fsp3) is 0.125. The Morgan fingerprint density at radius 3 is 2.30 bits per heavy atom. The fourth-order valence-corrected chi connectivity index (χ4v) is 2.26. The van der Waals surface area contributed by atoms with Gasteiger partial charge in [0.05, 0.1) is 0 Å². The van der Waals surface area contributed by atoms with Gasteiger partial charge in [-0.3, -0.25) is 9.59 Å². The van der Waals surface area contributed by atoms with Crippen LogP contribution in [0.1, 0.15) is 28.4 Å². The predicted molar refractivity (Wildman–Crippen MR) is 83.1 cm³/mol. The molecule has 0 unspecified atom stereocenters. The summed E-state index contributed by atoms with van der Waals surface area (Å²) >= 11 is 3.38. The smallest absolute Gasteiger partial charge is 0.221 e. The van der Waals surface area contributed by atoms with E-state index in [2.05, 4.69) is 21.2 Å². The van der Waals surface area contributed by atoms with Crippen molar-refractivity contribution in [2.75, 3.05) is 5.32 Å². The number of ketones is 1. The number of carbonyl (C=O) groups is 2. The molecule has 0 spiro atoms. The molecule has 2 aromatic carbocycles. The van der Waals surface area contributed by atoms with Crippen LogP contribution >= 0.6 is 15.9 Å². The zero-order valence-corrected chi connectivity index (χ0v) is 12.8. The predicted octanol–water partition coefficient (Wildman–Crippen LogP) is 3.95. The summed E-state index contributed by atoms with van der Waals surface area (Å²) in [5.74, 6) is -0.162. The highest BCUT2D eigenvalue weighted by atomic mass is 79.9. The van der Waals surface area contributed by atoms with Gasteiger partial charge in [0.2, 0.25) is 5.91 Å². The van der Waals surface area contributed by atoms with Crippen molar-refractivity contribution < 1.29 is 9.59 Å². The molecule has 0 saturated heterocycles. The minimum atomic E-state index is -0.132. The zero-order valence-electron chi connectivity index (χ0n) is 11.2. The van der Waals surface area contributed by atoms with Gasteiger partial charge in [-0.1, -0.05) is 22.0 Å². The van der Waals surface area contributed by atoms with E-state index in [1.807, 2.05) is 25.1 Å². The van der Waals surface area contributed by atoms with Crippen LogP contribution < -0.4 is 5.32 Å². The quantitative estimate of drug-likeness (QED) is 0.865. The third-order valence-electron chi connectivity index (χ3n) is 2.91. The van der Waals surface area contributed by atoms with Crippen molar-refractivity contribution in [1.29, 1.82) is 0 Å². The van der Waals surface area contributed by atoms with Crippen LogP contribution in [-0.4, -0.2) is 11.7 Å². The first-order chi connectivity index (χ1) is 9.47. The highest BCUT2D eigenvalue weighted by Crippen LogP contribution is 2.20. The van der Waals surface area contributed by atoms with Gasteiger partial charge in [-0.25, -0.2) is 0 Å². The molecule has 0 bridgehead atoms. The molecular weight excluding hydrogens is 318 g/mol. The molecular formula is C16H14BrNO2. The summed E-state index contributed by atoms with van der Waals surface area (Å²) < 4.78 is 0.876. The highest BCUT2D eigenvalue weighted by molar-refractivity contribution is 9.10. The molecule has 20 heavy (non-hydrogen) atoms. The summed E-state index contributed by atoms with van der Waals surface area (Å²) in [6.45, 7) is 3.36. The molecule has 0 aliphatic rings. The number of hydrogen-bond donors (Lipinski definition) is 1. The molecule has 2 aromatic rings. The average Bonchev–Trinajstić information content (AvgIpc) is 2.41. The molecule has 0 fully saturated rings. The van der Waals surface area contributed by atoms with Crippen LogP contribution in [0.5, 0.6) is 0 Å². The number of carbonyl (C=O) groups excluding carboxylic acids is 2. The molecule has 1 N–H and O–H groups in total. The molecule has 2 rings (SSSR count). The maximum absolute atomic E-state index is 12.4. The largest absolute Gasteiger partial charge is 0.326 e. The topological polar surface area (TPSA) is 46.2 Å². The Morgan fingerprint density at radius 2 is 1.70 bits per heavy atom. The molecule has 102 valence electrons. The van der Waals surface area contributed by atoms with E-state index < -0.39 is 0 Å². The van der Waals surface area contributed by atoms with Crippen LogP contribution in [0.3, 0.4) is 0 Å². The summed E-state index contributed by atoms with van der Waals surface area (Å²) in [5, 5.41) is 2.67. The zero-order chi connectivity index (χ0) is 14.7. The minimum absolute atomic E-state index is 0.0295. The fourth-order valence-electron chi connectivity index (χ4n) is 1.90. The van der Waals surface area contributed by atoms with Gasteiger partial charge < -0.3 is 5.32 Å². The number of anilines is 1. The molecule has 0 aromatic heterocycles. The lowest BCUT2D eigenvalue weighted by Gasteiger charge is -2.07. The van der Waals surface area contributed by atoms with E-state index in [0.29, 0.717) is 16.8 Å². The normalized spacial score (nSPS) is 10.2. The summed E-state index contributed by atoms with van der Waals surface area (Å²) in [5.41, 5.74) is 2.89. The van der Waals surface area contributed by atoms with E-state index in [-0.39, 0.29) is 11.7 Å². The van der Waals surface area contributed by atoms with E-state index in [4.69, 9.17) is 0 Å². The van der Waals surface area contributed by atoms with Gasteiger partial charge in [-0.2, -0.15) is 0 Å². The highest BCUT2D eigenvalue weighted by Gasteiger charge is 2.12. The summed E-state index contributed by atoms with van der Waals surface area (Å²) in [4.78, 5) is 23.4. The van der Waals surface area contributed by atoms with E-state index in [1.54, 1.807) is 24.3 Å². The Balaban J connectivity index is 2.29. The lowest BCUT2D eigenvalue weighted by molar-refractivity contribution is -0.114. The van der Waals surface area contributed by atoms with Gasteiger partial charge in [0.1, 0.15) is 0 Å². The van der Waals surface area contributed by atoms with Gasteiger partial charge in [0, 0.05) is 28.2 Å². The van der Waals surface area contributed by atoms with Crippen molar-refractivity contribution in [3.63, 3.8) is 0 Å². The van der Waals surface area contributed by atoms with Crippen LogP contribution in [0.25, 0.3) is 0 Å². The first kappa shape index (κ1) is 14.5. The van der Waals surface area contributed by atoms with Crippen LogP contribution in [0, 0.1) is 6.92 Å². The average molecular weight is 332 g/mol. The molecule has 3 nitrogen and oxygen atoms in total. The summed E-state index contributed by atoms with van der Waals surface area (Å²) in [7, 11) is 0. The number of nitrogens with one attached hydrogen (secondary N) is 1. The first-order valence-electron chi connectivity index (χ1n) is 6.16. The third kappa shape index (κ3) is 3.33. The second kappa shape index (κ2) is 6.01. The maximum atomic E-state index is 12.4. The van der Waals surface area contributed by atoms with Gasteiger partial charge in [-0.05, 0) is 48.9 Å². The molecule has 1 amide bonds.